The van der Waals surface area contributed by atoms with E-state index in [9.17, 15) is 9.59 Å². The summed E-state index contributed by atoms with van der Waals surface area (Å²) in [7, 11) is 0. The van der Waals surface area contributed by atoms with Crippen molar-refractivity contribution in [3.05, 3.63) is 119 Å². The van der Waals surface area contributed by atoms with Gasteiger partial charge >= 0.3 is 0 Å². The molecule has 0 atom stereocenters. The van der Waals surface area contributed by atoms with E-state index in [1.165, 1.54) is 48.8 Å². The molecule has 0 fully saturated rings. The number of anilines is 4. The van der Waals surface area contributed by atoms with Crippen LogP contribution in [0.5, 0.6) is 0 Å². The summed E-state index contributed by atoms with van der Waals surface area (Å²) in [5.41, 5.74) is 7.12. The lowest BCUT2D eigenvalue weighted by molar-refractivity contribution is 0.0893. The molecular formula is C48H49N3O2. The minimum atomic E-state index is -0.256. The molecule has 2 N–H and O–H groups in total. The zero-order chi connectivity index (χ0) is 36.8. The summed E-state index contributed by atoms with van der Waals surface area (Å²) in [6.07, 6.45) is 7.75. The maximum atomic E-state index is 14.6. The number of nitrogens with zero attached hydrogens (tertiary/aromatic N) is 1. The van der Waals surface area contributed by atoms with Crippen molar-refractivity contribution in [2.75, 3.05) is 22.1 Å². The molecule has 1 aliphatic heterocycles. The van der Waals surface area contributed by atoms with Gasteiger partial charge in [0.1, 0.15) is 0 Å². The van der Waals surface area contributed by atoms with Gasteiger partial charge in [0.15, 0.2) is 0 Å². The molecule has 5 nitrogen and oxygen atoms in total. The quantitative estimate of drug-likeness (QED) is 0.0544. The van der Waals surface area contributed by atoms with Gasteiger partial charge in [0.2, 0.25) is 0 Å². The first-order valence-corrected chi connectivity index (χ1v) is 19.6. The van der Waals surface area contributed by atoms with Crippen molar-refractivity contribution in [1.29, 1.82) is 0 Å². The van der Waals surface area contributed by atoms with Crippen LogP contribution in [0.1, 0.15) is 117 Å². The highest BCUT2D eigenvalue weighted by Crippen LogP contribution is 2.47. The topological polar surface area (TPSA) is 61.4 Å². The van der Waals surface area contributed by atoms with Gasteiger partial charge in [-0.25, -0.2) is 4.90 Å². The number of benzene rings is 7. The van der Waals surface area contributed by atoms with Gasteiger partial charge < -0.3 is 10.6 Å². The van der Waals surface area contributed by atoms with Gasteiger partial charge in [-0.3, -0.25) is 9.59 Å². The van der Waals surface area contributed by atoms with E-state index in [1.807, 2.05) is 30.3 Å². The third-order valence-corrected chi connectivity index (χ3v) is 11.2. The van der Waals surface area contributed by atoms with Crippen molar-refractivity contribution in [2.45, 2.75) is 85.0 Å². The fourth-order valence-corrected chi connectivity index (χ4v) is 8.54. The molecule has 8 rings (SSSR count). The molecule has 0 aromatic heterocycles. The first-order chi connectivity index (χ1) is 25.8. The van der Waals surface area contributed by atoms with Crippen LogP contribution in [0.4, 0.5) is 22.7 Å². The van der Waals surface area contributed by atoms with Crippen molar-refractivity contribution in [1.82, 2.24) is 0 Å². The van der Waals surface area contributed by atoms with E-state index in [1.54, 1.807) is 0 Å². The highest BCUT2D eigenvalue weighted by atomic mass is 16.2. The molecule has 5 heteroatoms. The van der Waals surface area contributed by atoms with Crippen LogP contribution in [-0.2, 0) is 0 Å². The number of hydrogen-bond donors (Lipinski definition) is 2. The maximum Gasteiger partial charge on any atom is 0.266 e. The van der Waals surface area contributed by atoms with Crippen LogP contribution in [0.25, 0.3) is 43.1 Å². The molecule has 7 aromatic rings. The average Bonchev–Trinajstić information content (AvgIpc) is 3.16. The van der Waals surface area contributed by atoms with Gasteiger partial charge in [-0.2, -0.15) is 0 Å². The highest BCUT2D eigenvalue weighted by Gasteiger charge is 2.38. The van der Waals surface area contributed by atoms with E-state index in [0.29, 0.717) is 11.1 Å². The van der Waals surface area contributed by atoms with Crippen LogP contribution in [0.2, 0.25) is 0 Å². The second-order valence-corrected chi connectivity index (χ2v) is 15.4. The number of unbranched alkanes of at least 4 members (excludes halogenated alkanes) is 5. The SMILES string of the molecule is CCCCCCCCNc1ccc(Nc2ccc3c4ccc5c6c(ccc(c7cccc2c73)c64)C(=O)N(c2c(C(C)C)cccc2C(C)C)C5=O)cc1. The minimum absolute atomic E-state index is 0.147. The van der Waals surface area contributed by atoms with Gasteiger partial charge in [0, 0.05) is 45.5 Å². The molecule has 0 saturated heterocycles. The van der Waals surface area contributed by atoms with E-state index in [2.05, 4.69) is 112 Å². The Morgan fingerprint density at radius 2 is 1.06 bits per heavy atom. The van der Waals surface area contributed by atoms with Crippen molar-refractivity contribution >= 4 is 77.7 Å². The van der Waals surface area contributed by atoms with E-state index in [4.69, 9.17) is 0 Å². The molecule has 0 spiro atoms. The van der Waals surface area contributed by atoms with Gasteiger partial charge in [-0.15, -0.1) is 0 Å². The van der Waals surface area contributed by atoms with Crippen LogP contribution in [0, 0.1) is 0 Å². The van der Waals surface area contributed by atoms with Crippen LogP contribution >= 0.6 is 0 Å². The Morgan fingerprint density at radius 1 is 0.528 bits per heavy atom. The number of hydrogen-bond acceptors (Lipinski definition) is 4. The number of fused-ring (bicyclic) bond motifs is 2. The summed E-state index contributed by atoms with van der Waals surface area (Å²) in [4.78, 5) is 30.6. The third kappa shape index (κ3) is 5.96. The number of carbonyl (C=O) groups excluding carboxylic acids is 2. The van der Waals surface area contributed by atoms with Crippen LogP contribution in [-0.4, -0.2) is 18.4 Å². The zero-order valence-corrected chi connectivity index (χ0v) is 31.6. The summed E-state index contributed by atoms with van der Waals surface area (Å²) < 4.78 is 0. The van der Waals surface area contributed by atoms with Crippen molar-refractivity contribution in [3.63, 3.8) is 0 Å². The number of amides is 2. The molecule has 2 amide bonds. The van der Waals surface area contributed by atoms with Gasteiger partial charge in [-0.1, -0.05) is 121 Å². The normalized spacial score (nSPS) is 13.2. The molecule has 0 unspecified atom stereocenters. The Hall–Kier alpha value is -5.42. The lowest BCUT2D eigenvalue weighted by atomic mass is 9.83. The lowest BCUT2D eigenvalue weighted by Gasteiger charge is -2.32. The number of imide groups is 1. The molecule has 268 valence electrons. The molecule has 0 bridgehead atoms. The van der Waals surface area contributed by atoms with E-state index in [-0.39, 0.29) is 23.7 Å². The average molecular weight is 700 g/mol. The van der Waals surface area contributed by atoms with Gasteiger partial charge in [0.05, 0.1) is 5.69 Å². The van der Waals surface area contributed by atoms with Gasteiger partial charge in [0.25, 0.3) is 11.8 Å². The van der Waals surface area contributed by atoms with E-state index < -0.39 is 0 Å². The minimum Gasteiger partial charge on any atom is -0.385 e. The maximum absolute atomic E-state index is 14.6. The van der Waals surface area contributed by atoms with Crippen LogP contribution in [0.3, 0.4) is 0 Å². The second-order valence-electron chi connectivity index (χ2n) is 15.4. The molecule has 7 aromatic carbocycles. The third-order valence-electron chi connectivity index (χ3n) is 11.2. The molecule has 0 aliphatic carbocycles. The Balaban J connectivity index is 1.16. The largest absolute Gasteiger partial charge is 0.385 e. The van der Waals surface area contributed by atoms with Gasteiger partial charge in [-0.05, 0) is 104 Å². The first kappa shape index (κ1) is 34.7. The van der Waals surface area contributed by atoms with Crippen molar-refractivity contribution in [3.8, 4) is 0 Å². The Bertz CT molecular complexity index is 2400. The summed E-state index contributed by atoms with van der Waals surface area (Å²) in [6.45, 7) is 11.7. The van der Waals surface area contributed by atoms with Crippen LogP contribution in [0.15, 0.2) is 97.1 Å². The number of para-hydroxylation sites is 1. The Morgan fingerprint density at radius 3 is 1.70 bits per heavy atom. The molecule has 1 heterocycles. The predicted molar refractivity (Wildman–Crippen MR) is 225 cm³/mol. The highest BCUT2D eigenvalue weighted by molar-refractivity contribution is 6.42. The smallest absolute Gasteiger partial charge is 0.266 e. The van der Waals surface area contributed by atoms with E-state index >= 15 is 0 Å². The Kier molecular flexibility index (Phi) is 9.28. The van der Waals surface area contributed by atoms with Crippen molar-refractivity contribution in [2.24, 2.45) is 0 Å². The number of carbonyl (C=O) groups is 2. The first-order valence-electron chi connectivity index (χ1n) is 19.6. The molecule has 1 aliphatic rings. The summed E-state index contributed by atoms with van der Waals surface area (Å²) in [5, 5.41) is 15.6. The molecule has 0 saturated carbocycles. The lowest BCUT2D eigenvalue weighted by Crippen LogP contribution is -2.41. The van der Waals surface area contributed by atoms with Crippen LogP contribution < -0.4 is 15.5 Å². The fourth-order valence-electron chi connectivity index (χ4n) is 8.54. The van der Waals surface area contributed by atoms with E-state index in [0.717, 1.165) is 78.1 Å². The number of rotatable bonds is 13. The molecule has 53 heavy (non-hydrogen) atoms. The Labute approximate surface area is 312 Å². The number of nitrogens with one attached hydrogen (secondary N) is 2. The van der Waals surface area contributed by atoms with Crippen molar-refractivity contribution < 1.29 is 9.59 Å². The fraction of sp³-hybridized carbons (Fsp3) is 0.292. The summed E-state index contributed by atoms with van der Waals surface area (Å²) >= 11 is 0. The molecule has 0 radical (unpaired) electrons. The summed E-state index contributed by atoms with van der Waals surface area (Å²) in [6, 6.07) is 33.5. The predicted octanol–water partition coefficient (Wildman–Crippen LogP) is 13.3. The monoisotopic (exact) mass is 699 g/mol. The summed E-state index contributed by atoms with van der Waals surface area (Å²) in [5.74, 6) is -0.219. The molecular weight excluding hydrogens is 651 g/mol. The standard InChI is InChI=1S/C48H49N3O2/c1-6-7-8-9-10-11-28-49-31-18-20-32(21-19-31)50-42-27-26-36-38-23-25-41-45-40(24-22-37(44(38)45)35-16-13-17-39(42)43(35)36)47(52)51(48(41)53)46-33(29(2)3)14-12-15-34(46)30(4)5/h12-27,29-30,49-50H,6-11,28H2,1-5H3. The second kappa shape index (κ2) is 14.2. The zero-order valence-electron chi connectivity index (χ0n) is 31.6.